The summed E-state index contributed by atoms with van der Waals surface area (Å²) in [6, 6.07) is 4.16. The van der Waals surface area contributed by atoms with Crippen LogP contribution in [0, 0.1) is 11.6 Å². The summed E-state index contributed by atoms with van der Waals surface area (Å²) in [5.41, 5.74) is 0.768. The normalized spacial score (nSPS) is 12.6. The average molecular weight is 294 g/mol. The molecule has 4 nitrogen and oxygen atoms in total. The standard InChI is InChI=1S/C15H20F2N4/c1-3-6-18-12(9-15-19-10-20-21(15)2)7-11-4-5-13(16)14(17)8-11/h4-5,8,10,12,18H,3,6-7,9H2,1-2H3. The van der Waals surface area contributed by atoms with Crippen LogP contribution in [0.5, 0.6) is 0 Å². The maximum Gasteiger partial charge on any atom is 0.159 e. The highest BCUT2D eigenvalue weighted by Crippen LogP contribution is 2.12. The first-order valence-electron chi connectivity index (χ1n) is 7.10. The molecule has 1 heterocycles. The molecule has 1 aromatic carbocycles. The van der Waals surface area contributed by atoms with Gasteiger partial charge >= 0.3 is 0 Å². The van der Waals surface area contributed by atoms with Crippen LogP contribution in [0.4, 0.5) is 8.78 Å². The zero-order chi connectivity index (χ0) is 15.2. The number of nitrogens with one attached hydrogen (secondary N) is 1. The van der Waals surface area contributed by atoms with Crippen molar-refractivity contribution in [2.24, 2.45) is 7.05 Å². The van der Waals surface area contributed by atoms with Crippen molar-refractivity contribution < 1.29 is 8.78 Å². The smallest absolute Gasteiger partial charge is 0.159 e. The number of benzene rings is 1. The van der Waals surface area contributed by atoms with Gasteiger partial charge in [0, 0.05) is 19.5 Å². The van der Waals surface area contributed by atoms with Gasteiger partial charge in [-0.15, -0.1) is 0 Å². The van der Waals surface area contributed by atoms with E-state index in [2.05, 4.69) is 22.3 Å². The van der Waals surface area contributed by atoms with Crippen LogP contribution in [0.25, 0.3) is 0 Å². The van der Waals surface area contributed by atoms with Crippen LogP contribution in [0.15, 0.2) is 24.5 Å². The fourth-order valence-electron chi connectivity index (χ4n) is 2.24. The third-order valence-electron chi connectivity index (χ3n) is 3.38. The second-order valence-corrected chi connectivity index (χ2v) is 5.11. The van der Waals surface area contributed by atoms with Gasteiger partial charge in [-0.2, -0.15) is 5.10 Å². The van der Waals surface area contributed by atoms with Gasteiger partial charge in [-0.05, 0) is 37.1 Å². The summed E-state index contributed by atoms with van der Waals surface area (Å²) in [6.45, 7) is 2.95. The molecule has 0 fully saturated rings. The Morgan fingerprint density at radius 3 is 2.67 bits per heavy atom. The summed E-state index contributed by atoms with van der Waals surface area (Å²) < 4.78 is 28.0. The number of nitrogens with zero attached hydrogens (tertiary/aromatic N) is 3. The molecular weight excluding hydrogens is 274 g/mol. The van der Waals surface area contributed by atoms with E-state index in [9.17, 15) is 8.78 Å². The lowest BCUT2D eigenvalue weighted by atomic mass is 10.0. The van der Waals surface area contributed by atoms with Gasteiger partial charge in [0.05, 0.1) is 0 Å². The predicted octanol–water partition coefficient (Wildman–Crippen LogP) is 2.25. The summed E-state index contributed by atoms with van der Waals surface area (Å²) in [7, 11) is 1.84. The first kappa shape index (κ1) is 15.6. The Labute approximate surface area is 123 Å². The molecule has 114 valence electrons. The van der Waals surface area contributed by atoms with Gasteiger partial charge < -0.3 is 5.32 Å². The molecule has 2 aromatic rings. The fraction of sp³-hybridized carbons (Fsp3) is 0.467. The van der Waals surface area contributed by atoms with Crippen molar-refractivity contribution in [2.75, 3.05) is 6.54 Å². The molecule has 1 N–H and O–H groups in total. The van der Waals surface area contributed by atoms with E-state index < -0.39 is 11.6 Å². The largest absolute Gasteiger partial charge is 0.313 e. The molecule has 0 aliphatic carbocycles. The molecule has 0 radical (unpaired) electrons. The number of hydrogen-bond donors (Lipinski definition) is 1. The van der Waals surface area contributed by atoms with Gasteiger partial charge in [0.25, 0.3) is 0 Å². The van der Waals surface area contributed by atoms with E-state index in [1.807, 2.05) is 7.05 Å². The van der Waals surface area contributed by atoms with E-state index in [0.717, 1.165) is 24.4 Å². The van der Waals surface area contributed by atoms with E-state index in [0.29, 0.717) is 12.8 Å². The number of hydrogen-bond acceptors (Lipinski definition) is 3. The first-order valence-corrected chi connectivity index (χ1v) is 7.10. The van der Waals surface area contributed by atoms with E-state index in [1.54, 1.807) is 10.7 Å². The molecule has 1 atom stereocenters. The lowest BCUT2D eigenvalue weighted by molar-refractivity contribution is 0.479. The van der Waals surface area contributed by atoms with Gasteiger partial charge in [0.1, 0.15) is 12.2 Å². The Hall–Kier alpha value is -1.82. The third kappa shape index (κ3) is 4.32. The SMILES string of the molecule is CCCNC(Cc1ccc(F)c(F)c1)Cc1ncnn1C. The topological polar surface area (TPSA) is 42.7 Å². The Balaban J connectivity index is 2.08. The van der Waals surface area contributed by atoms with Crippen LogP contribution in [0.1, 0.15) is 24.7 Å². The summed E-state index contributed by atoms with van der Waals surface area (Å²) >= 11 is 0. The fourth-order valence-corrected chi connectivity index (χ4v) is 2.24. The zero-order valence-corrected chi connectivity index (χ0v) is 12.3. The highest BCUT2D eigenvalue weighted by molar-refractivity contribution is 5.19. The molecule has 0 aliphatic rings. The highest BCUT2D eigenvalue weighted by Gasteiger charge is 2.14. The van der Waals surface area contributed by atoms with Crippen LogP contribution in [-0.2, 0) is 19.9 Å². The lowest BCUT2D eigenvalue weighted by Gasteiger charge is -2.18. The maximum atomic E-state index is 13.3. The Bertz CT molecular complexity index is 583. The summed E-state index contributed by atoms with van der Waals surface area (Å²) in [4.78, 5) is 4.21. The molecule has 0 spiro atoms. The summed E-state index contributed by atoms with van der Waals surface area (Å²) in [6.07, 6.45) is 3.83. The van der Waals surface area contributed by atoms with Crippen LogP contribution >= 0.6 is 0 Å². The minimum Gasteiger partial charge on any atom is -0.313 e. The van der Waals surface area contributed by atoms with Crippen molar-refractivity contribution >= 4 is 0 Å². The number of halogens is 2. The summed E-state index contributed by atoms with van der Waals surface area (Å²) in [5.74, 6) is -0.753. The van der Waals surface area contributed by atoms with Crippen molar-refractivity contribution in [3.8, 4) is 0 Å². The van der Waals surface area contributed by atoms with Crippen LogP contribution < -0.4 is 5.32 Å². The second kappa shape index (κ2) is 7.26. The molecule has 21 heavy (non-hydrogen) atoms. The third-order valence-corrected chi connectivity index (χ3v) is 3.38. The van der Waals surface area contributed by atoms with Crippen LogP contribution in [0.2, 0.25) is 0 Å². The molecule has 0 amide bonds. The Morgan fingerprint density at radius 2 is 2.05 bits per heavy atom. The molecule has 6 heteroatoms. The van der Waals surface area contributed by atoms with Gasteiger partial charge in [-0.3, -0.25) is 4.68 Å². The lowest BCUT2D eigenvalue weighted by Crippen LogP contribution is -2.34. The van der Waals surface area contributed by atoms with Gasteiger partial charge in [0.15, 0.2) is 11.6 Å². The van der Waals surface area contributed by atoms with Crippen molar-refractivity contribution in [1.29, 1.82) is 0 Å². The minimum absolute atomic E-state index is 0.109. The Morgan fingerprint density at radius 1 is 1.24 bits per heavy atom. The van der Waals surface area contributed by atoms with E-state index in [1.165, 1.54) is 18.5 Å². The van der Waals surface area contributed by atoms with Gasteiger partial charge in [-0.25, -0.2) is 13.8 Å². The van der Waals surface area contributed by atoms with Gasteiger partial charge in [0.2, 0.25) is 0 Å². The highest BCUT2D eigenvalue weighted by atomic mass is 19.2. The molecule has 0 aliphatic heterocycles. The van der Waals surface area contributed by atoms with Crippen LogP contribution in [-0.4, -0.2) is 27.4 Å². The summed E-state index contributed by atoms with van der Waals surface area (Å²) in [5, 5.41) is 7.47. The number of rotatable bonds is 7. The van der Waals surface area contributed by atoms with Crippen LogP contribution in [0.3, 0.4) is 0 Å². The maximum absolute atomic E-state index is 13.3. The molecular formula is C15H20F2N4. The van der Waals surface area contributed by atoms with Crippen molar-refractivity contribution in [3.05, 3.63) is 47.5 Å². The predicted molar refractivity (Wildman–Crippen MR) is 76.9 cm³/mol. The molecule has 0 bridgehead atoms. The van der Waals surface area contributed by atoms with Crippen molar-refractivity contribution in [2.45, 2.75) is 32.2 Å². The van der Waals surface area contributed by atoms with E-state index >= 15 is 0 Å². The number of aromatic nitrogens is 3. The monoisotopic (exact) mass is 294 g/mol. The van der Waals surface area contributed by atoms with E-state index in [4.69, 9.17) is 0 Å². The average Bonchev–Trinajstić information content (AvgIpc) is 2.85. The molecule has 2 rings (SSSR count). The minimum atomic E-state index is -0.815. The molecule has 1 unspecified atom stereocenters. The van der Waals surface area contributed by atoms with Crippen molar-refractivity contribution in [1.82, 2.24) is 20.1 Å². The second-order valence-electron chi connectivity index (χ2n) is 5.11. The molecule has 0 saturated carbocycles. The quantitative estimate of drug-likeness (QED) is 0.851. The first-order chi connectivity index (χ1) is 10.1. The Kier molecular flexibility index (Phi) is 5.38. The molecule has 1 aromatic heterocycles. The molecule has 0 saturated heterocycles. The van der Waals surface area contributed by atoms with Gasteiger partial charge in [-0.1, -0.05) is 13.0 Å². The van der Waals surface area contributed by atoms with E-state index in [-0.39, 0.29) is 6.04 Å². The zero-order valence-electron chi connectivity index (χ0n) is 12.3. The number of aryl methyl sites for hydroxylation is 1. The van der Waals surface area contributed by atoms with Crippen molar-refractivity contribution in [3.63, 3.8) is 0 Å².